The maximum atomic E-state index is 5.43. The van der Waals surface area contributed by atoms with Gasteiger partial charge in [0, 0.05) is 6.54 Å². The first kappa shape index (κ1) is 10.1. The summed E-state index contributed by atoms with van der Waals surface area (Å²) in [6.07, 6.45) is 3.95. The van der Waals surface area contributed by atoms with Crippen molar-refractivity contribution in [3.05, 3.63) is 28.8 Å². The molecule has 0 atom stereocenters. The SMILES string of the molecule is Cc1c(/C=C/CN)cc2c(c1C)OCO2. The molecule has 15 heavy (non-hydrogen) atoms. The van der Waals surface area contributed by atoms with Crippen molar-refractivity contribution in [1.29, 1.82) is 0 Å². The van der Waals surface area contributed by atoms with Crippen molar-refractivity contribution in [2.75, 3.05) is 13.3 Å². The lowest BCUT2D eigenvalue weighted by atomic mass is 10.0. The van der Waals surface area contributed by atoms with Gasteiger partial charge in [0.1, 0.15) is 0 Å². The predicted molar refractivity (Wildman–Crippen MR) is 60.1 cm³/mol. The summed E-state index contributed by atoms with van der Waals surface area (Å²) in [4.78, 5) is 0. The van der Waals surface area contributed by atoms with Gasteiger partial charge in [0.25, 0.3) is 0 Å². The molecule has 1 aromatic rings. The van der Waals surface area contributed by atoms with Gasteiger partial charge in [-0.2, -0.15) is 0 Å². The van der Waals surface area contributed by atoms with Gasteiger partial charge in [-0.3, -0.25) is 0 Å². The summed E-state index contributed by atoms with van der Waals surface area (Å²) in [5.74, 6) is 1.70. The van der Waals surface area contributed by atoms with Crippen LogP contribution in [0.5, 0.6) is 11.5 Å². The highest BCUT2D eigenvalue weighted by Crippen LogP contribution is 2.39. The molecule has 0 aromatic heterocycles. The highest BCUT2D eigenvalue weighted by molar-refractivity contribution is 5.64. The predicted octanol–water partition coefficient (Wildman–Crippen LogP) is 2.00. The van der Waals surface area contributed by atoms with Crippen molar-refractivity contribution in [3.63, 3.8) is 0 Å². The van der Waals surface area contributed by atoms with Crippen molar-refractivity contribution >= 4 is 6.08 Å². The topological polar surface area (TPSA) is 44.5 Å². The third kappa shape index (κ3) is 1.70. The van der Waals surface area contributed by atoms with Crippen LogP contribution in [0.1, 0.15) is 16.7 Å². The van der Waals surface area contributed by atoms with E-state index in [1.54, 1.807) is 0 Å². The van der Waals surface area contributed by atoms with Crippen LogP contribution in [-0.2, 0) is 0 Å². The first-order valence-electron chi connectivity index (χ1n) is 5.00. The first-order chi connectivity index (χ1) is 7.24. The average molecular weight is 205 g/mol. The molecule has 0 spiro atoms. The molecule has 0 unspecified atom stereocenters. The summed E-state index contributed by atoms with van der Waals surface area (Å²) in [5.41, 5.74) is 8.93. The summed E-state index contributed by atoms with van der Waals surface area (Å²) in [7, 11) is 0. The zero-order chi connectivity index (χ0) is 10.8. The van der Waals surface area contributed by atoms with Gasteiger partial charge in [-0.25, -0.2) is 0 Å². The lowest BCUT2D eigenvalue weighted by molar-refractivity contribution is 0.173. The zero-order valence-electron chi connectivity index (χ0n) is 9.04. The van der Waals surface area contributed by atoms with E-state index in [4.69, 9.17) is 15.2 Å². The summed E-state index contributed by atoms with van der Waals surface area (Å²) in [5, 5.41) is 0. The molecule has 0 saturated heterocycles. The minimum atomic E-state index is 0.319. The fraction of sp³-hybridized carbons (Fsp3) is 0.333. The lowest BCUT2D eigenvalue weighted by Gasteiger charge is -2.08. The van der Waals surface area contributed by atoms with Crippen molar-refractivity contribution < 1.29 is 9.47 Å². The Balaban J connectivity index is 2.49. The molecule has 3 heteroatoms. The number of hydrogen-bond donors (Lipinski definition) is 1. The monoisotopic (exact) mass is 205 g/mol. The third-order valence-corrected chi connectivity index (χ3v) is 2.70. The molecule has 0 amide bonds. The quantitative estimate of drug-likeness (QED) is 0.803. The molecule has 0 bridgehead atoms. The Bertz CT molecular complexity index is 411. The van der Waals surface area contributed by atoms with Gasteiger partial charge in [-0.05, 0) is 36.6 Å². The number of hydrogen-bond acceptors (Lipinski definition) is 3. The highest BCUT2D eigenvalue weighted by Gasteiger charge is 2.18. The Kier molecular flexibility index (Phi) is 2.64. The second kappa shape index (κ2) is 3.95. The second-order valence-corrected chi connectivity index (χ2v) is 3.59. The highest BCUT2D eigenvalue weighted by atomic mass is 16.7. The summed E-state index contributed by atoms with van der Waals surface area (Å²) < 4.78 is 10.8. The Morgan fingerprint density at radius 2 is 2.13 bits per heavy atom. The number of rotatable bonds is 2. The standard InChI is InChI=1S/C12H15NO2/c1-8-9(2)12-11(14-7-15-12)6-10(8)4-3-5-13/h3-4,6H,5,7,13H2,1-2H3/b4-3+. The summed E-state index contributed by atoms with van der Waals surface area (Å²) in [6.45, 7) is 4.99. The van der Waals surface area contributed by atoms with Crippen LogP contribution >= 0.6 is 0 Å². The molecule has 80 valence electrons. The van der Waals surface area contributed by atoms with E-state index < -0.39 is 0 Å². The number of benzene rings is 1. The van der Waals surface area contributed by atoms with Crippen LogP contribution < -0.4 is 15.2 Å². The van der Waals surface area contributed by atoms with Gasteiger partial charge in [-0.15, -0.1) is 0 Å². The second-order valence-electron chi connectivity index (χ2n) is 3.59. The Hall–Kier alpha value is -1.48. The van der Waals surface area contributed by atoms with E-state index in [2.05, 4.69) is 6.92 Å². The maximum Gasteiger partial charge on any atom is 0.231 e. The third-order valence-electron chi connectivity index (χ3n) is 2.70. The molecule has 0 aliphatic carbocycles. The molecule has 2 rings (SSSR count). The normalized spacial score (nSPS) is 13.8. The molecule has 1 aliphatic rings. The van der Waals surface area contributed by atoms with Gasteiger partial charge in [0.05, 0.1) is 0 Å². The van der Waals surface area contributed by atoms with E-state index in [-0.39, 0.29) is 0 Å². The Morgan fingerprint density at radius 3 is 2.87 bits per heavy atom. The van der Waals surface area contributed by atoms with E-state index in [9.17, 15) is 0 Å². The fourth-order valence-electron chi connectivity index (χ4n) is 1.69. The van der Waals surface area contributed by atoms with Gasteiger partial charge in [0.15, 0.2) is 11.5 Å². The molecule has 0 radical (unpaired) electrons. The summed E-state index contributed by atoms with van der Waals surface area (Å²) in [6, 6.07) is 2.00. The molecule has 0 fully saturated rings. The molecule has 3 nitrogen and oxygen atoms in total. The molecule has 1 aromatic carbocycles. The zero-order valence-corrected chi connectivity index (χ0v) is 9.04. The van der Waals surface area contributed by atoms with Crippen LogP contribution in [-0.4, -0.2) is 13.3 Å². The molecule has 2 N–H and O–H groups in total. The van der Waals surface area contributed by atoms with Gasteiger partial charge in [-0.1, -0.05) is 12.2 Å². The van der Waals surface area contributed by atoms with E-state index >= 15 is 0 Å². The molecular formula is C12H15NO2. The van der Waals surface area contributed by atoms with Gasteiger partial charge >= 0.3 is 0 Å². The number of nitrogens with two attached hydrogens (primary N) is 1. The van der Waals surface area contributed by atoms with E-state index in [1.165, 1.54) is 5.56 Å². The Morgan fingerprint density at radius 1 is 1.33 bits per heavy atom. The van der Waals surface area contributed by atoms with E-state index in [1.807, 2.05) is 25.1 Å². The number of fused-ring (bicyclic) bond motifs is 1. The van der Waals surface area contributed by atoms with Crippen LogP contribution in [0.2, 0.25) is 0 Å². The average Bonchev–Trinajstić information content (AvgIpc) is 2.69. The van der Waals surface area contributed by atoms with Crippen LogP contribution in [0, 0.1) is 13.8 Å². The molecular weight excluding hydrogens is 190 g/mol. The van der Waals surface area contributed by atoms with Crippen molar-refractivity contribution in [1.82, 2.24) is 0 Å². The van der Waals surface area contributed by atoms with Crippen LogP contribution in [0.3, 0.4) is 0 Å². The first-order valence-corrected chi connectivity index (χ1v) is 5.00. The van der Waals surface area contributed by atoms with Crippen LogP contribution in [0.25, 0.3) is 6.08 Å². The lowest BCUT2D eigenvalue weighted by Crippen LogP contribution is -1.94. The minimum absolute atomic E-state index is 0.319. The largest absolute Gasteiger partial charge is 0.454 e. The molecule has 1 heterocycles. The van der Waals surface area contributed by atoms with E-state index in [0.717, 1.165) is 22.6 Å². The minimum Gasteiger partial charge on any atom is -0.454 e. The fourth-order valence-corrected chi connectivity index (χ4v) is 1.69. The van der Waals surface area contributed by atoms with Gasteiger partial charge < -0.3 is 15.2 Å². The van der Waals surface area contributed by atoms with Crippen LogP contribution in [0.4, 0.5) is 0 Å². The van der Waals surface area contributed by atoms with Crippen molar-refractivity contribution in [2.24, 2.45) is 5.73 Å². The van der Waals surface area contributed by atoms with Gasteiger partial charge in [0.2, 0.25) is 6.79 Å². The smallest absolute Gasteiger partial charge is 0.231 e. The summed E-state index contributed by atoms with van der Waals surface area (Å²) >= 11 is 0. The Labute approximate surface area is 89.5 Å². The molecule has 1 aliphatic heterocycles. The van der Waals surface area contributed by atoms with Crippen molar-refractivity contribution in [3.8, 4) is 11.5 Å². The number of ether oxygens (including phenoxy) is 2. The molecule has 0 saturated carbocycles. The maximum absolute atomic E-state index is 5.43. The van der Waals surface area contributed by atoms with Crippen LogP contribution in [0.15, 0.2) is 12.1 Å². The van der Waals surface area contributed by atoms with Crippen molar-refractivity contribution in [2.45, 2.75) is 13.8 Å². The van der Waals surface area contributed by atoms with E-state index in [0.29, 0.717) is 13.3 Å².